The molecule has 0 fully saturated rings. The lowest BCUT2D eigenvalue weighted by Gasteiger charge is -2.11. The number of hydrogen-bond donors (Lipinski definition) is 2. The third kappa shape index (κ3) is 4.60. The number of anilines is 1. The molecule has 2 amide bonds. The van der Waals surface area contributed by atoms with Crippen molar-refractivity contribution in [3.8, 4) is 0 Å². The van der Waals surface area contributed by atoms with Crippen LogP contribution in [-0.4, -0.2) is 13.1 Å². The minimum Gasteiger partial charge on any atom is -0.380 e. The number of carbonyl (C=O) groups excluding carboxylic acids is 1. The predicted molar refractivity (Wildman–Crippen MR) is 88.8 cm³/mol. The first-order valence-electron chi connectivity index (χ1n) is 7.42. The number of rotatable bonds is 6. The molecule has 4 heteroatoms. The molecular formula is C18H22N2O2. The van der Waals surface area contributed by atoms with Gasteiger partial charge in [-0.25, -0.2) is 4.79 Å². The first-order valence-corrected chi connectivity index (χ1v) is 7.42. The Kier molecular flexibility index (Phi) is 5.98. The number of aryl methyl sites for hydroxylation is 1. The van der Waals surface area contributed by atoms with Crippen LogP contribution in [0.1, 0.15) is 23.6 Å². The van der Waals surface area contributed by atoms with Crippen LogP contribution in [0.2, 0.25) is 0 Å². The summed E-state index contributed by atoms with van der Waals surface area (Å²) in [6.45, 7) is 3.11. The Morgan fingerprint density at radius 2 is 1.73 bits per heavy atom. The van der Waals surface area contributed by atoms with Crippen LogP contribution in [0.3, 0.4) is 0 Å². The maximum absolute atomic E-state index is 12.0. The van der Waals surface area contributed by atoms with Crippen molar-refractivity contribution < 1.29 is 9.53 Å². The van der Waals surface area contributed by atoms with Gasteiger partial charge in [0.25, 0.3) is 0 Å². The van der Waals surface area contributed by atoms with Crippen molar-refractivity contribution in [2.24, 2.45) is 0 Å². The van der Waals surface area contributed by atoms with E-state index in [-0.39, 0.29) is 6.03 Å². The monoisotopic (exact) mass is 298 g/mol. The average molecular weight is 298 g/mol. The van der Waals surface area contributed by atoms with Gasteiger partial charge in [0.15, 0.2) is 0 Å². The molecule has 0 aliphatic heterocycles. The number of hydrogen-bond acceptors (Lipinski definition) is 2. The summed E-state index contributed by atoms with van der Waals surface area (Å²) in [5.74, 6) is 0. The van der Waals surface area contributed by atoms with Gasteiger partial charge in [0.1, 0.15) is 0 Å². The normalized spacial score (nSPS) is 10.3. The van der Waals surface area contributed by atoms with Crippen LogP contribution in [0, 0.1) is 0 Å². The number of benzene rings is 2. The Balaban J connectivity index is 1.89. The van der Waals surface area contributed by atoms with Crippen LogP contribution >= 0.6 is 0 Å². The van der Waals surface area contributed by atoms with Gasteiger partial charge in [0.2, 0.25) is 0 Å². The second-order valence-electron chi connectivity index (χ2n) is 5.06. The topological polar surface area (TPSA) is 50.4 Å². The van der Waals surface area contributed by atoms with E-state index in [9.17, 15) is 4.79 Å². The first kappa shape index (κ1) is 16.0. The summed E-state index contributed by atoms with van der Waals surface area (Å²) in [5.41, 5.74) is 4.18. The minimum absolute atomic E-state index is 0.212. The summed E-state index contributed by atoms with van der Waals surface area (Å²) >= 11 is 0. The molecule has 4 nitrogen and oxygen atoms in total. The van der Waals surface area contributed by atoms with E-state index in [0.717, 1.165) is 23.2 Å². The van der Waals surface area contributed by atoms with E-state index in [1.54, 1.807) is 7.11 Å². The minimum atomic E-state index is -0.212. The molecule has 2 aromatic rings. The summed E-state index contributed by atoms with van der Waals surface area (Å²) in [6.07, 6.45) is 0.989. The van der Waals surface area contributed by atoms with E-state index < -0.39 is 0 Å². The van der Waals surface area contributed by atoms with Gasteiger partial charge in [-0.15, -0.1) is 0 Å². The number of amides is 2. The smallest absolute Gasteiger partial charge is 0.319 e. The zero-order chi connectivity index (χ0) is 15.8. The van der Waals surface area contributed by atoms with Crippen LogP contribution in [0.25, 0.3) is 0 Å². The molecule has 0 aliphatic carbocycles. The van der Waals surface area contributed by atoms with Gasteiger partial charge in [-0.1, -0.05) is 43.3 Å². The van der Waals surface area contributed by atoms with Crippen molar-refractivity contribution in [1.82, 2.24) is 5.32 Å². The Labute approximate surface area is 131 Å². The van der Waals surface area contributed by atoms with E-state index in [1.165, 1.54) is 5.56 Å². The van der Waals surface area contributed by atoms with E-state index in [2.05, 4.69) is 17.6 Å². The molecule has 0 saturated carbocycles. The van der Waals surface area contributed by atoms with Gasteiger partial charge >= 0.3 is 6.03 Å². The molecule has 0 unspecified atom stereocenters. The molecule has 2 N–H and O–H groups in total. The van der Waals surface area contributed by atoms with Crippen LogP contribution in [0.15, 0.2) is 48.5 Å². The molecule has 0 aliphatic rings. The molecule has 0 heterocycles. The molecular weight excluding hydrogens is 276 g/mol. The Morgan fingerprint density at radius 1 is 1.05 bits per heavy atom. The highest BCUT2D eigenvalue weighted by Gasteiger charge is 2.05. The summed E-state index contributed by atoms with van der Waals surface area (Å²) in [5, 5.41) is 5.70. The largest absolute Gasteiger partial charge is 0.380 e. The van der Waals surface area contributed by atoms with Gasteiger partial charge in [0, 0.05) is 19.3 Å². The lowest BCUT2D eigenvalue weighted by atomic mass is 10.1. The van der Waals surface area contributed by atoms with Gasteiger partial charge in [0.05, 0.1) is 6.61 Å². The maximum atomic E-state index is 12.0. The molecule has 2 rings (SSSR count). The average Bonchev–Trinajstić information content (AvgIpc) is 2.55. The molecule has 22 heavy (non-hydrogen) atoms. The van der Waals surface area contributed by atoms with E-state index >= 15 is 0 Å². The molecule has 0 aromatic heterocycles. The summed E-state index contributed by atoms with van der Waals surface area (Å²) in [6, 6.07) is 15.6. The van der Waals surface area contributed by atoms with Crippen molar-refractivity contribution in [3.63, 3.8) is 0 Å². The Morgan fingerprint density at radius 3 is 2.36 bits per heavy atom. The van der Waals surface area contributed by atoms with Crippen molar-refractivity contribution in [1.29, 1.82) is 0 Å². The first-order chi connectivity index (χ1) is 10.7. The lowest BCUT2D eigenvalue weighted by molar-refractivity contribution is 0.184. The second-order valence-corrected chi connectivity index (χ2v) is 5.06. The van der Waals surface area contributed by atoms with E-state index in [0.29, 0.717) is 13.2 Å². The molecule has 0 atom stereocenters. The van der Waals surface area contributed by atoms with Crippen LogP contribution < -0.4 is 10.6 Å². The van der Waals surface area contributed by atoms with Gasteiger partial charge < -0.3 is 15.4 Å². The summed E-state index contributed by atoms with van der Waals surface area (Å²) in [7, 11) is 1.66. The summed E-state index contributed by atoms with van der Waals surface area (Å²) < 4.78 is 5.16. The van der Waals surface area contributed by atoms with Crippen molar-refractivity contribution in [2.45, 2.75) is 26.5 Å². The Bertz CT molecular complexity index is 609. The summed E-state index contributed by atoms with van der Waals surface area (Å²) in [4.78, 5) is 12.0. The maximum Gasteiger partial charge on any atom is 0.319 e. The Hall–Kier alpha value is -2.33. The number of methoxy groups -OCH3 is 1. The highest BCUT2D eigenvalue weighted by molar-refractivity contribution is 5.89. The fraction of sp³-hybridized carbons (Fsp3) is 0.278. The van der Waals surface area contributed by atoms with E-state index in [4.69, 9.17) is 4.74 Å². The van der Waals surface area contributed by atoms with Gasteiger partial charge in [-0.2, -0.15) is 0 Å². The SMILES string of the molecule is CCc1ccc(NC(=O)NCc2ccccc2COC)cc1. The van der Waals surface area contributed by atoms with E-state index in [1.807, 2.05) is 48.5 Å². The standard InChI is InChI=1S/C18H22N2O2/c1-3-14-8-10-17(11-9-14)20-18(21)19-12-15-6-4-5-7-16(15)13-22-2/h4-11H,3,12-13H2,1-2H3,(H2,19,20,21). The fourth-order valence-electron chi connectivity index (χ4n) is 2.20. The number of nitrogens with one attached hydrogen (secondary N) is 2. The molecule has 0 spiro atoms. The highest BCUT2D eigenvalue weighted by Crippen LogP contribution is 2.11. The zero-order valence-corrected chi connectivity index (χ0v) is 13.1. The predicted octanol–water partition coefficient (Wildman–Crippen LogP) is 3.72. The third-order valence-corrected chi connectivity index (χ3v) is 3.48. The van der Waals surface area contributed by atoms with Crippen LogP contribution in [0.5, 0.6) is 0 Å². The molecule has 0 bridgehead atoms. The molecule has 2 aromatic carbocycles. The second kappa shape index (κ2) is 8.20. The number of urea groups is 1. The van der Waals surface area contributed by atoms with Crippen LogP contribution in [0.4, 0.5) is 10.5 Å². The van der Waals surface area contributed by atoms with Crippen molar-refractivity contribution >= 4 is 11.7 Å². The quantitative estimate of drug-likeness (QED) is 0.854. The van der Waals surface area contributed by atoms with Crippen molar-refractivity contribution in [2.75, 3.05) is 12.4 Å². The van der Waals surface area contributed by atoms with Crippen LogP contribution in [-0.2, 0) is 24.3 Å². The van der Waals surface area contributed by atoms with Gasteiger partial charge in [-0.05, 0) is 35.2 Å². The fourth-order valence-corrected chi connectivity index (χ4v) is 2.20. The number of ether oxygens (including phenoxy) is 1. The molecule has 0 radical (unpaired) electrons. The molecule has 116 valence electrons. The lowest BCUT2D eigenvalue weighted by Crippen LogP contribution is -2.28. The van der Waals surface area contributed by atoms with Gasteiger partial charge in [-0.3, -0.25) is 0 Å². The van der Waals surface area contributed by atoms with Crippen molar-refractivity contribution in [3.05, 3.63) is 65.2 Å². The zero-order valence-electron chi connectivity index (χ0n) is 13.1. The molecule has 0 saturated heterocycles. The highest BCUT2D eigenvalue weighted by atomic mass is 16.5. The third-order valence-electron chi connectivity index (χ3n) is 3.48. The number of carbonyl (C=O) groups is 1.